The molecular weight excluding hydrogens is 1310 g/mol. The Morgan fingerprint density at radius 2 is 0.570 bits per heavy atom. The van der Waals surface area contributed by atoms with Gasteiger partial charge in [0.05, 0.1) is 32.8 Å². The normalized spacial score (nSPS) is 14.7. The van der Waals surface area contributed by atoms with Gasteiger partial charge in [0.2, 0.25) is 0 Å². The number of hydrogen-bond acceptors (Lipinski definition) is 15. The maximum atomic E-state index is 13.1. The summed E-state index contributed by atoms with van der Waals surface area (Å²) in [5, 5.41) is 10.6. The quantitative estimate of drug-likeness (QED) is 0.0169. The molecule has 100 heavy (non-hydrogen) atoms. The molecular formula is C81H136O17P2. The molecule has 0 fully saturated rings. The zero-order valence-corrected chi connectivity index (χ0v) is 64.1. The van der Waals surface area contributed by atoms with Crippen LogP contribution in [0.4, 0.5) is 0 Å². The fourth-order valence-electron chi connectivity index (χ4n) is 9.72. The summed E-state index contributed by atoms with van der Waals surface area (Å²) in [6.45, 7) is 4.50. The number of hydrogen-bond donors (Lipinski definition) is 3. The summed E-state index contributed by atoms with van der Waals surface area (Å²) >= 11 is 0. The molecule has 572 valence electrons. The molecule has 0 aromatic heterocycles. The maximum Gasteiger partial charge on any atom is 0.472 e. The first-order chi connectivity index (χ1) is 48.7. The number of phosphoric acid groups is 2. The number of ether oxygens (including phenoxy) is 4. The van der Waals surface area contributed by atoms with Gasteiger partial charge in [0.25, 0.3) is 0 Å². The van der Waals surface area contributed by atoms with Crippen LogP contribution < -0.4 is 0 Å². The number of phosphoric ester groups is 2. The van der Waals surface area contributed by atoms with Crippen molar-refractivity contribution in [3.8, 4) is 0 Å². The van der Waals surface area contributed by atoms with E-state index in [1.54, 1.807) is 6.08 Å². The lowest BCUT2D eigenvalue weighted by atomic mass is 10.1. The summed E-state index contributed by atoms with van der Waals surface area (Å²) in [7, 11) is -9.99. The van der Waals surface area contributed by atoms with Gasteiger partial charge >= 0.3 is 39.5 Å². The van der Waals surface area contributed by atoms with Crippen LogP contribution in [0.1, 0.15) is 297 Å². The summed E-state index contributed by atoms with van der Waals surface area (Å²) in [5.41, 5.74) is 0. The fourth-order valence-corrected chi connectivity index (χ4v) is 11.3. The Kier molecular flexibility index (Phi) is 69.1. The number of esters is 4. The highest BCUT2D eigenvalue weighted by molar-refractivity contribution is 7.47. The lowest BCUT2D eigenvalue weighted by Crippen LogP contribution is -2.30. The monoisotopic (exact) mass is 1440 g/mol. The highest BCUT2D eigenvalue weighted by Gasteiger charge is 2.30. The fraction of sp³-hybridized carbons (Fsp3) is 0.679. The smallest absolute Gasteiger partial charge is 0.462 e. The van der Waals surface area contributed by atoms with Gasteiger partial charge in [-0.3, -0.25) is 37.3 Å². The Hall–Kier alpha value is -4.80. The summed E-state index contributed by atoms with van der Waals surface area (Å²) in [6.07, 6.45) is 80.5. The third-order valence-electron chi connectivity index (χ3n) is 15.6. The van der Waals surface area contributed by atoms with Crippen molar-refractivity contribution < 1.29 is 80.2 Å². The first-order valence-corrected chi connectivity index (χ1v) is 41.4. The van der Waals surface area contributed by atoms with E-state index in [-0.39, 0.29) is 25.7 Å². The van der Waals surface area contributed by atoms with E-state index in [4.69, 9.17) is 37.0 Å². The SMILES string of the molecule is CC/C=C\C/C=C\C/C=C\C/C=C\C/C=C\CC(=O)OCC(COP(=O)(O)OCC(O)COP(=O)(O)OCC(COC(=O)CCCCCCCC/C=C\C/C=C\C/C=C\CCCCC)OC(=O)CCCCCCC/C=C\C/C=C\CCCCC)OC(=O)CCCCCCC/C=C\CCCC. The van der Waals surface area contributed by atoms with E-state index in [9.17, 15) is 43.2 Å². The Labute approximate surface area is 605 Å². The van der Waals surface area contributed by atoms with Crippen molar-refractivity contribution >= 4 is 39.5 Å². The number of aliphatic hydroxyl groups excluding tert-OH is 1. The van der Waals surface area contributed by atoms with Crippen molar-refractivity contribution in [3.63, 3.8) is 0 Å². The minimum absolute atomic E-state index is 0.0616. The molecule has 0 heterocycles. The second-order valence-corrected chi connectivity index (χ2v) is 28.1. The van der Waals surface area contributed by atoms with Crippen molar-refractivity contribution in [2.45, 2.75) is 316 Å². The molecule has 0 amide bonds. The molecule has 0 aromatic carbocycles. The topological polar surface area (TPSA) is 237 Å². The van der Waals surface area contributed by atoms with Gasteiger partial charge in [-0.1, -0.05) is 264 Å². The lowest BCUT2D eigenvalue weighted by Gasteiger charge is -2.21. The van der Waals surface area contributed by atoms with E-state index in [1.165, 1.54) is 51.4 Å². The van der Waals surface area contributed by atoms with E-state index in [0.717, 1.165) is 167 Å². The van der Waals surface area contributed by atoms with Crippen LogP contribution in [-0.2, 0) is 65.4 Å². The van der Waals surface area contributed by atoms with E-state index >= 15 is 0 Å². The van der Waals surface area contributed by atoms with Crippen molar-refractivity contribution in [1.82, 2.24) is 0 Å². The summed E-state index contributed by atoms with van der Waals surface area (Å²) < 4.78 is 68.3. The predicted molar refractivity (Wildman–Crippen MR) is 408 cm³/mol. The van der Waals surface area contributed by atoms with Crippen LogP contribution in [0.2, 0.25) is 0 Å². The number of allylic oxidation sites excluding steroid dienone is 21. The third kappa shape index (κ3) is 71.6. The lowest BCUT2D eigenvalue weighted by molar-refractivity contribution is -0.161. The number of carbonyl (C=O) groups excluding carboxylic acids is 4. The predicted octanol–water partition coefficient (Wildman–Crippen LogP) is 22.1. The van der Waals surface area contributed by atoms with E-state index in [1.807, 2.05) is 18.2 Å². The zero-order valence-electron chi connectivity index (χ0n) is 62.3. The van der Waals surface area contributed by atoms with Crippen molar-refractivity contribution in [2.24, 2.45) is 0 Å². The molecule has 0 saturated carbocycles. The third-order valence-corrected chi connectivity index (χ3v) is 17.5. The van der Waals surface area contributed by atoms with Crippen LogP contribution in [-0.4, -0.2) is 96.7 Å². The molecule has 0 saturated heterocycles. The van der Waals surface area contributed by atoms with Gasteiger partial charge in [-0.2, -0.15) is 0 Å². The molecule has 0 spiro atoms. The van der Waals surface area contributed by atoms with Gasteiger partial charge in [0.15, 0.2) is 12.2 Å². The molecule has 5 unspecified atom stereocenters. The van der Waals surface area contributed by atoms with Crippen LogP contribution in [0.3, 0.4) is 0 Å². The summed E-state index contributed by atoms with van der Waals surface area (Å²) in [4.78, 5) is 72.8. The molecule has 3 N–H and O–H groups in total. The molecule has 0 rings (SSSR count). The summed E-state index contributed by atoms with van der Waals surface area (Å²) in [6, 6.07) is 0. The van der Waals surface area contributed by atoms with Crippen LogP contribution in [0, 0.1) is 0 Å². The molecule has 0 aliphatic carbocycles. The van der Waals surface area contributed by atoms with Crippen LogP contribution in [0.25, 0.3) is 0 Å². The minimum atomic E-state index is -5.00. The van der Waals surface area contributed by atoms with Gasteiger partial charge in [-0.25, -0.2) is 9.13 Å². The minimum Gasteiger partial charge on any atom is -0.462 e. The van der Waals surface area contributed by atoms with Gasteiger partial charge < -0.3 is 33.8 Å². The van der Waals surface area contributed by atoms with Gasteiger partial charge in [0.1, 0.15) is 19.3 Å². The van der Waals surface area contributed by atoms with Gasteiger partial charge in [0, 0.05) is 19.3 Å². The molecule has 5 atom stereocenters. The standard InChI is InChI=1S/C81H136O17P2/c1-5-9-13-17-21-25-29-32-35-36-37-38-41-43-47-50-54-58-62-66-79(84)92-72-77(98-81(86)68-64-60-56-52-48-44-40-34-31-27-23-19-15-11-7-3)74-96-100(89,90)94-70-75(82)69-93-99(87,88)95-73-76(97-80(85)67-63-59-55-51-45-28-24-20-16-12-8-4)71-91-78(83)65-61-57-53-49-46-42-39-33-30-26-22-18-14-10-6-2/h10,14,20-27,32-35,37-40,46,49,57,61,75-77,82H,5-9,11-13,15-19,28-31,36,41-45,47-48,50-56,58-60,62-74H2,1-4H3,(H,87,88)(H,89,90)/b14-10-,24-20-,25-21-,26-22-,27-23-,35-32-,38-37-,39-33-,40-34-,49-46-,61-57-. The highest BCUT2D eigenvalue weighted by atomic mass is 31.2. The largest absolute Gasteiger partial charge is 0.472 e. The Bertz CT molecular complexity index is 2420. The maximum absolute atomic E-state index is 13.1. The van der Waals surface area contributed by atoms with E-state index in [2.05, 4.69) is 137 Å². The molecule has 19 heteroatoms. The first kappa shape index (κ1) is 95.2. The number of unbranched alkanes of at least 4 members (excludes halogenated alkanes) is 24. The molecule has 0 aromatic rings. The second kappa shape index (κ2) is 72.5. The van der Waals surface area contributed by atoms with Gasteiger partial charge in [-0.15, -0.1) is 0 Å². The average Bonchev–Trinajstić information content (AvgIpc) is 0.945. The van der Waals surface area contributed by atoms with Crippen molar-refractivity contribution in [2.75, 3.05) is 39.6 Å². The molecule has 0 bridgehead atoms. The zero-order chi connectivity index (χ0) is 73.2. The molecule has 17 nitrogen and oxygen atoms in total. The second-order valence-electron chi connectivity index (χ2n) is 25.2. The number of aliphatic hydroxyl groups is 1. The highest BCUT2D eigenvalue weighted by Crippen LogP contribution is 2.45. The van der Waals surface area contributed by atoms with Crippen LogP contribution in [0.5, 0.6) is 0 Å². The van der Waals surface area contributed by atoms with Crippen molar-refractivity contribution in [1.29, 1.82) is 0 Å². The molecule has 0 aliphatic heterocycles. The van der Waals surface area contributed by atoms with E-state index < -0.39 is 97.5 Å². The van der Waals surface area contributed by atoms with Crippen molar-refractivity contribution in [3.05, 3.63) is 134 Å². The average molecular weight is 1440 g/mol. The Morgan fingerprint density at radius 3 is 0.930 bits per heavy atom. The first-order valence-electron chi connectivity index (χ1n) is 38.4. The molecule has 0 aliphatic rings. The van der Waals surface area contributed by atoms with Crippen LogP contribution >= 0.6 is 15.6 Å². The summed E-state index contributed by atoms with van der Waals surface area (Å²) in [5.74, 6) is -2.37. The Morgan fingerprint density at radius 1 is 0.300 bits per heavy atom. The Balaban J connectivity index is 5.41. The number of rotatable bonds is 71. The van der Waals surface area contributed by atoms with Gasteiger partial charge in [-0.05, 0) is 141 Å². The number of carbonyl (C=O) groups is 4. The molecule has 0 radical (unpaired) electrons. The van der Waals surface area contributed by atoms with Crippen LogP contribution in [0.15, 0.2) is 134 Å². The van der Waals surface area contributed by atoms with E-state index in [0.29, 0.717) is 25.7 Å².